The molecular weight excluding hydrogens is 460 g/mol. The smallest absolute Gasteiger partial charge is 0.140 e. The van der Waals surface area contributed by atoms with Crippen molar-refractivity contribution < 1.29 is 9.47 Å². The van der Waals surface area contributed by atoms with E-state index in [-0.39, 0.29) is 0 Å². The summed E-state index contributed by atoms with van der Waals surface area (Å²) in [5, 5.41) is 5.87. The number of allylic oxidation sites excluding steroid dienone is 1. The lowest BCUT2D eigenvalue weighted by Gasteiger charge is -2.26. The van der Waals surface area contributed by atoms with E-state index in [0.717, 1.165) is 35.6 Å². The first-order chi connectivity index (χ1) is 18.2. The summed E-state index contributed by atoms with van der Waals surface area (Å²) in [6.45, 7) is 5.91. The fourth-order valence-corrected chi connectivity index (χ4v) is 5.45. The highest BCUT2D eigenvalue weighted by Gasteiger charge is 2.26. The van der Waals surface area contributed by atoms with Crippen LogP contribution in [-0.4, -0.2) is 30.6 Å². The molecule has 0 bridgehead atoms. The topological polar surface area (TPSA) is 51.1 Å². The Morgan fingerprint density at radius 2 is 1.81 bits per heavy atom. The molecule has 2 heterocycles. The highest BCUT2D eigenvalue weighted by atomic mass is 16.5. The van der Waals surface area contributed by atoms with Gasteiger partial charge in [-0.15, -0.1) is 4.91 Å². The van der Waals surface area contributed by atoms with E-state index in [9.17, 15) is 4.91 Å². The predicted octanol–water partition coefficient (Wildman–Crippen LogP) is 7.55. The van der Waals surface area contributed by atoms with Gasteiger partial charge in [0.15, 0.2) is 0 Å². The second-order valence-electron chi connectivity index (χ2n) is 10.2. The molecule has 1 saturated heterocycles. The number of hydrogen-bond donors (Lipinski definition) is 0. The molecule has 0 spiro atoms. The van der Waals surface area contributed by atoms with Gasteiger partial charge in [0.1, 0.15) is 17.6 Å². The summed E-state index contributed by atoms with van der Waals surface area (Å²) in [4.78, 5) is 14.4. The Morgan fingerprint density at radius 1 is 1.00 bits per heavy atom. The molecule has 3 aromatic rings. The maximum atomic E-state index is 11.8. The van der Waals surface area contributed by atoms with Crippen LogP contribution in [0.1, 0.15) is 50.2 Å². The fraction of sp³-hybridized carbons (Fsp3) is 0.375. The molecule has 1 atom stereocenters. The number of ether oxygens (including phenoxy) is 2. The van der Waals surface area contributed by atoms with Crippen molar-refractivity contribution in [3.8, 4) is 5.75 Å². The summed E-state index contributed by atoms with van der Waals surface area (Å²) in [5.41, 5.74) is 4.29. The number of fused-ring (bicyclic) bond motifs is 1. The number of benzene rings is 3. The highest BCUT2D eigenvalue weighted by molar-refractivity contribution is 5.85. The molecule has 3 aromatic carbocycles. The maximum absolute atomic E-state index is 11.8. The van der Waals surface area contributed by atoms with Gasteiger partial charge in [-0.05, 0) is 90.9 Å². The Kier molecular flexibility index (Phi) is 8.32. The molecule has 0 amide bonds. The van der Waals surface area contributed by atoms with E-state index >= 15 is 0 Å². The van der Waals surface area contributed by atoms with Crippen molar-refractivity contribution in [3.05, 3.63) is 106 Å². The number of rotatable bonds is 10. The van der Waals surface area contributed by atoms with Crippen molar-refractivity contribution in [2.45, 2.75) is 58.0 Å². The van der Waals surface area contributed by atoms with Crippen LogP contribution in [0, 0.1) is 4.91 Å². The Bertz CT molecular complexity index is 1280. The Morgan fingerprint density at radius 3 is 2.68 bits per heavy atom. The van der Waals surface area contributed by atoms with E-state index in [1.54, 1.807) is 6.26 Å². The number of likely N-dealkylation sites (tertiary alicyclic amines) is 1. The van der Waals surface area contributed by atoms with Crippen molar-refractivity contribution in [2.24, 2.45) is 5.18 Å². The van der Waals surface area contributed by atoms with E-state index < -0.39 is 6.04 Å². The lowest BCUT2D eigenvalue weighted by Crippen LogP contribution is -2.29. The van der Waals surface area contributed by atoms with E-state index in [4.69, 9.17) is 9.47 Å². The van der Waals surface area contributed by atoms with Gasteiger partial charge in [0.2, 0.25) is 0 Å². The lowest BCUT2D eigenvalue weighted by atomic mass is 9.92. The second-order valence-corrected chi connectivity index (χ2v) is 10.2. The first-order valence-corrected chi connectivity index (χ1v) is 13.5. The predicted molar refractivity (Wildman–Crippen MR) is 149 cm³/mol. The zero-order valence-corrected chi connectivity index (χ0v) is 21.7. The molecule has 5 heteroatoms. The average molecular weight is 497 g/mol. The molecule has 5 rings (SSSR count). The van der Waals surface area contributed by atoms with Crippen LogP contribution in [0.15, 0.2) is 95.1 Å². The van der Waals surface area contributed by atoms with Gasteiger partial charge in [-0.3, -0.25) is 4.90 Å². The molecule has 0 radical (unpaired) electrons. The lowest BCUT2D eigenvalue weighted by molar-refractivity contribution is 0.220. The van der Waals surface area contributed by atoms with Gasteiger partial charge < -0.3 is 9.47 Å². The van der Waals surface area contributed by atoms with Crippen LogP contribution in [0.4, 0.5) is 0 Å². The molecule has 0 aliphatic carbocycles. The van der Waals surface area contributed by atoms with Crippen LogP contribution in [0.5, 0.6) is 5.75 Å². The van der Waals surface area contributed by atoms with Gasteiger partial charge in [-0.25, -0.2) is 0 Å². The minimum absolute atomic E-state index is 0.480. The number of nitroso groups, excluding NO2 is 1. The zero-order chi connectivity index (χ0) is 25.5. The summed E-state index contributed by atoms with van der Waals surface area (Å²) in [5.74, 6) is 1.72. The molecule has 0 saturated carbocycles. The number of nitrogens with zero attached hydrogens (tertiary/aromatic N) is 2. The normalized spacial score (nSPS) is 18.4. The summed E-state index contributed by atoms with van der Waals surface area (Å²) in [6.07, 6.45) is 7.82. The van der Waals surface area contributed by atoms with Crippen molar-refractivity contribution in [1.29, 1.82) is 0 Å². The molecule has 37 heavy (non-hydrogen) atoms. The second kappa shape index (κ2) is 12.2. The van der Waals surface area contributed by atoms with Crippen molar-refractivity contribution >= 4 is 10.8 Å². The molecule has 2 aliphatic heterocycles. The highest BCUT2D eigenvalue weighted by Crippen LogP contribution is 2.31. The Labute approximate surface area is 219 Å². The summed E-state index contributed by atoms with van der Waals surface area (Å²) >= 11 is 0. The molecular formula is C32H36N2O3. The molecule has 0 aromatic heterocycles. The standard InChI is InChI=1S/C32H36N2O3/c1-24-31(21-27-13-8-12-26-11-3-4-16-30(26)27)37-23-28(32(24)33-35)14-9-19-36-29-15-7-10-25(20-29)22-34-17-5-2-6-18-34/h3-4,7-8,10-13,15-16,20,23,32H,2,5-6,9,14,17-19,21-22H2,1H3. The van der Waals surface area contributed by atoms with Crippen LogP contribution in [0.3, 0.4) is 0 Å². The maximum Gasteiger partial charge on any atom is 0.140 e. The third-order valence-electron chi connectivity index (χ3n) is 7.52. The van der Waals surface area contributed by atoms with Crippen LogP contribution in [0.2, 0.25) is 0 Å². The molecule has 192 valence electrons. The molecule has 2 aliphatic rings. The Balaban J connectivity index is 1.15. The van der Waals surface area contributed by atoms with Gasteiger partial charge in [-0.1, -0.05) is 66.2 Å². The third kappa shape index (κ3) is 6.28. The van der Waals surface area contributed by atoms with E-state index in [2.05, 4.69) is 64.7 Å². The average Bonchev–Trinajstić information content (AvgIpc) is 2.93. The largest absolute Gasteiger partial charge is 0.494 e. The molecule has 5 nitrogen and oxygen atoms in total. The van der Waals surface area contributed by atoms with E-state index in [1.165, 1.54) is 54.3 Å². The number of piperidine rings is 1. The van der Waals surface area contributed by atoms with Crippen LogP contribution >= 0.6 is 0 Å². The van der Waals surface area contributed by atoms with E-state index in [1.807, 2.05) is 19.1 Å². The van der Waals surface area contributed by atoms with Crippen molar-refractivity contribution in [3.63, 3.8) is 0 Å². The van der Waals surface area contributed by atoms with E-state index in [0.29, 0.717) is 19.4 Å². The van der Waals surface area contributed by atoms with Gasteiger partial charge in [-0.2, -0.15) is 0 Å². The van der Waals surface area contributed by atoms with Crippen LogP contribution in [0.25, 0.3) is 10.8 Å². The summed E-state index contributed by atoms with van der Waals surface area (Å²) < 4.78 is 12.1. The monoisotopic (exact) mass is 496 g/mol. The molecule has 1 unspecified atom stereocenters. The SMILES string of the molecule is CC1=C(Cc2cccc3ccccc23)OC=C(CCCOc2cccc(CN3CCCCC3)c2)C1N=O. The minimum atomic E-state index is -0.480. The van der Waals surface area contributed by atoms with Crippen LogP contribution < -0.4 is 4.74 Å². The van der Waals surface area contributed by atoms with Gasteiger partial charge >= 0.3 is 0 Å². The first-order valence-electron chi connectivity index (χ1n) is 13.5. The van der Waals surface area contributed by atoms with Gasteiger partial charge in [0.05, 0.1) is 12.9 Å². The summed E-state index contributed by atoms with van der Waals surface area (Å²) in [7, 11) is 0. The molecule has 0 N–H and O–H groups in total. The first kappa shape index (κ1) is 25.2. The minimum Gasteiger partial charge on any atom is -0.494 e. The van der Waals surface area contributed by atoms with Crippen LogP contribution in [-0.2, 0) is 17.7 Å². The number of hydrogen-bond acceptors (Lipinski definition) is 5. The summed E-state index contributed by atoms with van der Waals surface area (Å²) in [6, 6.07) is 22.6. The fourth-order valence-electron chi connectivity index (χ4n) is 5.45. The van der Waals surface area contributed by atoms with Gasteiger partial charge in [0.25, 0.3) is 0 Å². The van der Waals surface area contributed by atoms with Gasteiger partial charge in [0, 0.05) is 13.0 Å². The molecule has 1 fully saturated rings. The van der Waals surface area contributed by atoms with Crippen molar-refractivity contribution in [1.82, 2.24) is 4.90 Å². The van der Waals surface area contributed by atoms with Crippen molar-refractivity contribution in [2.75, 3.05) is 19.7 Å². The third-order valence-corrected chi connectivity index (χ3v) is 7.52. The quantitative estimate of drug-likeness (QED) is 0.215. The zero-order valence-electron chi connectivity index (χ0n) is 21.7. The Hall–Kier alpha value is -3.44.